The normalized spacial score (nSPS) is 12.1. The van der Waals surface area contributed by atoms with Crippen LogP contribution in [0.15, 0.2) is 41.9 Å². The van der Waals surface area contributed by atoms with Gasteiger partial charge in [-0.25, -0.2) is 9.97 Å². The van der Waals surface area contributed by atoms with Crippen LogP contribution in [0.5, 0.6) is 0 Å². The van der Waals surface area contributed by atoms with E-state index in [1.807, 2.05) is 38.4 Å². The third-order valence-corrected chi connectivity index (χ3v) is 6.88. The molecule has 0 radical (unpaired) electrons. The largest absolute Gasteiger partial charge is 0.357 e. The van der Waals surface area contributed by atoms with E-state index < -0.39 is 0 Å². The van der Waals surface area contributed by atoms with Crippen LogP contribution in [0.3, 0.4) is 0 Å². The molecule has 0 aliphatic heterocycles. The Morgan fingerprint density at radius 2 is 1.86 bits per heavy atom. The molecule has 148 valence electrons. The molecule has 0 aliphatic carbocycles. The summed E-state index contributed by atoms with van der Waals surface area (Å²) in [6.07, 6.45) is 1.82. The Kier molecular flexibility index (Phi) is 5.34. The average molecular weight is 423 g/mol. The first-order chi connectivity index (χ1) is 13.9. The van der Waals surface area contributed by atoms with Gasteiger partial charge in [0.25, 0.3) is 5.91 Å². The standard InChI is InChI=1S/C22H22N4OS2/c1-12-5-7-16(8-6-12)22-25-14(3)20(29-22)13(2)24-21(27)18-9-17(10-23-18)19-11-28-15(4)26-19/h5-11,13,23H,1-4H3,(H,24,27)/t13-/m0/s1. The van der Waals surface area contributed by atoms with Gasteiger partial charge < -0.3 is 10.3 Å². The zero-order valence-corrected chi connectivity index (χ0v) is 18.4. The monoisotopic (exact) mass is 422 g/mol. The lowest BCUT2D eigenvalue weighted by molar-refractivity contribution is 0.0936. The van der Waals surface area contributed by atoms with Gasteiger partial charge in [-0.2, -0.15) is 0 Å². The van der Waals surface area contributed by atoms with Gasteiger partial charge in [0.05, 0.1) is 27.3 Å². The number of aromatic amines is 1. The van der Waals surface area contributed by atoms with Gasteiger partial charge in [-0.3, -0.25) is 4.79 Å². The predicted octanol–water partition coefficient (Wildman–Crippen LogP) is 5.68. The van der Waals surface area contributed by atoms with Gasteiger partial charge in [-0.15, -0.1) is 22.7 Å². The van der Waals surface area contributed by atoms with Gasteiger partial charge in [0.15, 0.2) is 0 Å². The first-order valence-electron chi connectivity index (χ1n) is 9.37. The number of nitrogens with one attached hydrogen (secondary N) is 2. The highest BCUT2D eigenvalue weighted by Gasteiger charge is 2.19. The summed E-state index contributed by atoms with van der Waals surface area (Å²) in [6, 6.07) is 10.1. The van der Waals surface area contributed by atoms with E-state index in [0.717, 1.165) is 37.4 Å². The molecule has 29 heavy (non-hydrogen) atoms. The van der Waals surface area contributed by atoms with E-state index in [1.54, 1.807) is 22.7 Å². The summed E-state index contributed by atoms with van der Waals surface area (Å²) in [7, 11) is 0. The Morgan fingerprint density at radius 1 is 1.10 bits per heavy atom. The zero-order valence-electron chi connectivity index (χ0n) is 16.7. The van der Waals surface area contributed by atoms with Crippen molar-refractivity contribution in [1.29, 1.82) is 0 Å². The van der Waals surface area contributed by atoms with E-state index in [1.165, 1.54) is 5.56 Å². The van der Waals surface area contributed by atoms with Gasteiger partial charge in [0.1, 0.15) is 10.7 Å². The molecule has 0 saturated carbocycles. The number of benzene rings is 1. The number of hydrogen-bond acceptors (Lipinski definition) is 5. The van der Waals surface area contributed by atoms with Crippen molar-refractivity contribution in [1.82, 2.24) is 20.3 Å². The summed E-state index contributed by atoms with van der Waals surface area (Å²) >= 11 is 3.22. The van der Waals surface area contributed by atoms with Crippen molar-refractivity contribution in [3.8, 4) is 21.8 Å². The van der Waals surface area contributed by atoms with Crippen molar-refractivity contribution < 1.29 is 4.79 Å². The number of aryl methyl sites for hydroxylation is 3. The number of carbonyl (C=O) groups is 1. The molecule has 0 unspecified atom stereocenters. The molecule has 7 heteroatoms. The molecule has 2 N–H and O–H groups in total. The molecule has 0 aliphatic rings. The third-order valence-electron chi connectivity index (χ3n) is 4.71. The van der Waals surface area contributed by atoms with Gasteiger partial charge in [0, 0.05) is 22.7 Å². The molecule has 4 rings (SSSR count). The third kappa shape index (κ3) is 4.16. The number of nitrogens with zero attached hydrogens (tertiary/aromatic N) is 2. The van der Waals surface area contributed by atoms with Crippen LogP contribution in [0, 0.1) is 20.8 Å². The highest BCUT2D eigenvalue weighted by atomic mass is 32.1. The molecule has 3 heterocycles. The summed E-state index contributed by atoms with van der Waals surface area (Å²) in [4.78, 5) is 26.0. The van der Waals surface area contributed by atoms with Crippen LogP contribution < -0.4 is 5.32 Å². The van der Waals surface area contributed by atoms with Gasteiger partial charge in [0.2, 0.25) is 0 Å². The van der Waals surface area contributed by atoms with Crippen molar-refractivity contribution in [3.63, 3.8) is 0 Å². The molecule has 4 aromatic rings. The van der Waals surface area contributed by atoms with E-state index >= 15 is 0 Å². The highest BCUT2D eigenvalue weighted by molar-refractivity contribution is 7.15. The van der Waals surface area contributed by atoms with Crippen LogP contribution in [0.1, 0.15) is 44.6 Å². The van der Waals surface area contributed by atoms with Crippen molar-refractivity contribution >= 4 is 28.6 Å². The number of rotatable bonds is 5. The fraction of sp³-hybridized carbons (Fsp3) is 0.227. The molecule has 1 aromatic carbocycles. The van der Waals surface area contributed by atoms with Crippen molar-refractivity contribution in [2.75, 3.05) is 0 Å². The first kappa shape index (κ1) is 19.5. The Bertz CT molecular complexity index is 1150. The molecule has 0 spiro atoms. The summed E-state index contributed by atoms with van der Waals surface area (Å²) < 4.78 is 0. The minimum absolute atomic E-state index is 0.132. The quantitative estimate of drug-likeness (QED) is 0.435. The topological polar surface area (TPSA) is 70.7 Å². The molecular formula is C22H22N4OS2. The lowest BCUT2D eigenvalue weighted by Gasteiger charge is -2.12. The van der Waals surface area contributed by atoms with Crippen LogP contribution in [0.25, 0.3) is 21.8 Å². The number of H-pyrrole nitrogens is 1. The Hall–Kier alpha value is -2.77. The highest BCUT2D eigenvalue weighted by Crippen LogP contribution is 2.32. The van der Waals surface area contributed by atoms with Gasteiger partial charge in [-0.05, 0) is 33.8 Å². The van der Waals surface area contributed by atoms with E-state index in [-0.39, 0.29) is 11.9 Å². The maximum Gasteiger partial charge on any atom is 0.268 e. The lowest BCUT2D eigenvalue weighted by atomic mass is 10.2. The number of amides is 1. The van der Waals surface area contributed by atoms with Crippen molar-refractivity contribution in [2.45, 2.75) is 33.7 Å². The van der Waals surface area contributed by atoms with Crippen molar-refractivity contribution in [3.05, 3.63) is 68.7 Å². The summed E-state index contributed by atoms with van der Waals surface area (Å²) in [5.41, 5.74) is 5.60. The minimum Gasteiger partial charge on any atom is -0.357 e. The van der Waals surface area contributed by atoms with Crippen LogP contribution in [-0.2, 0) is 0 Å². The molecule has 0 bridgehead atoms. The van der Waals surface area contributed by atoms with Crippen molar-refractivity contribution in [2.24, 2.45) is 0 Å². The Morgan fingerprint density at radius 3 is 2.55 bits per heavy atom. The van der Waals surface area contributed by atoms with Gasteiger partial charge in [-0.1, -0.05) is 29.8 Å². The first-order valence-corrected chi connectivity index (χ1v) is 11.1. The van der Waals surface area contributed by atoms with E-state index in [9.17, 15) is 4.79 Å². The molecule has 5 nitrogen and oxygen atoms in total. The fourth-order valence-corrected chi connectivity index (χ4v) is 4.83. The predicted molar refractivity (Wildman–Crippen MR) is 120 cm³/mol. The van der Waals surface area contributed by atoms with Crippen LogP contribution in [0.2, 0.25) is 0 Å². The second-order valence-corrected chi connectivity index (χ2v) is 9.18. The average Bonchev–Trinajstić information content (AvgIpc) is 3.41. The van der Waals surface area contributed by atoms with E-state index in [0.29, 0.717) is 5.69 Å². The summed E-state index contributed by atoms with van der Waals surface area (Å²) in [6.45, 7) is 8.02. The molecule has 1 atom stereocenters. The summed E-state index contributed by atoms with van der Waals surface area (Å²) in [5, 5.41) is 7.05. The minimum atomic E-state index is -0.139. The van der Waals surface area contributed by atoms with E-state index in [4.69, 9.17) is 4.98 Å². The Labute approximate surface area is 177 Å². The molecule has 0 saturated heterocycles. The number of carbonyl (C=O) groups excluding carboxylic acids is 1. The fourth-order valence-electron chi connectivity index (χ4n) is 3.14. The van der Waals surface area contributed by atoms with E-state index in [2.05, 4.69) is 46.5 Å². The Balaban J connectivity index is 1.49. The molecular weight excluding hydrogens is 400 g/mol. The smallest absolute Gasteiger partial charge is 0.268 e. The van der Waals surface area contributed by atoms with Crippen LogP contribution >= 0.6 is 22.7 Å². The maximum absolute atomic E-state index is 12.7. The summed E-state index contributed by atoms with van der Waals surface area (Å²) in [5.74, 6) is -0.139. The second-order valence-electron chi connectivity index (χ2n) is 7.08. The molecule has 1 amide bonds. The molecule has 3 aromatic heterocycles. The van der Waals surface area contributed by atoms with Crippen LogP contribution in [0.4, 0.5) is 0 Å². The number of thiazole rings is 2. The zero-order chi connectivity index (χ0) is 20.5. The van der Waals surface area contributed by atoms with Gasteiger partial charge >= 0.3 is 0 Å². The maximum atomic E-state index is 12.7. The lowest BCUT2D eigenvalue weighted by Crippen LogP contribution is -2.26. The van der Waals surface area contributed by atoms with Crippen LogP contribution in [-0.4, -0.2) is 20.9 Å². The second kappa shape index (κ2) is 7.93. The molecule has 0 fully saturated rings. The number of aromatic nitrogens is 3. The SMILES string of the molecule is Cc1ccc(-c2nc(C)c([C@H](C)NC(=O)c3cc(-c4csc(C)n4)c[nH]3)s2)cc1. The number of hydrogen-bond donors (Lipinski definition) is 2.